The zero-order valence-corrected chi connectivity index (χ0v) is 20.2. The molecule has 32 heavy (non-hydrogen) atoms. The topological polar surface area (TPSA) is 97.3 Å². The van der Waals surface area contributed by atoms with Crippen molar-refractivity contribution in [2.75, 3.05) is 31.3 Å². The fraction of sp³-hybridized carbons (Fsp3) is 0.391. The molecule has 0 saturated carbocycles. The van der Waals surface area contributed by atoms with Gasteiger partial charge in [0.05, 0.1) is 31.9 Å². The molecule has 0 spiro atoms. The third kappa shape index (κ3) is 6.46. The smallest absolute Gasteiger partial charge is 0.260 e. The summed E-state index contributed by atoms with van der Waals surface area (Å²) in [6.07, 6.45) is 1.61. The van der Waals surface area contributed by atoms with Gasteiger partial charge in [-0.1, -0.05) is 32.9 Å². The van der Waals surface area contributed by atoms with Gasteiger partial charge in [-0.15, -0.1) is 0 Å². The number of hydrogen-bond acceptors (Lipinski definition) is 6. The zero-order valence-electron chi connectivity index (χ0n) is 19.4. The van der Waals surface area contributed by atoms with Crippen LogP contribution in [0, 0.1) is 0 Å². The summed E-state index contributed by atoms with van der Waals surface area (Å²) in [5, 5.41) is 4.21. The third-order valence-electron chi connectivity index (χ3n) is 4.90. The molecule has 0 radical (unpaired) electrons. The SMILES string of the molecule is CC/C(=N/NC(=O)CN(c1ccc(C(C)C)cc1)S(C)(=O)=O)c1ccc(OC)c(OC)c1. The molecule has 8 nitrogen and oxygen atoms in total. The Hall–Kier alpha value is -3.07. The molecule has 0 bridgehead atoms. The molecule has 0 aromatic heterocycles. The van der Waals surface area contributed by atoms with Crippen molar-refractivity contribution in [3.63, 3.8) is 0 Å². The Morgan fingerprint density at radius 3 is 2.19 bits per heavy atom. The number of benzene rings is 2. The van der Waals surface area contributed by atoms with Crippen LogP contribution in [0.2, 0.25) is 0 Å². The maximum atomic E-state index is 12.6. The number of anilines is 1. The molecule has 0 atom stereocenters. The first kappa shape index (κ1) is 25.2. The molecule has 0 fully saturated rings. The maximum absolute atomic E-state index is 12.6. The van der Waals surface area contributed by atoms with Gasteiger partial charge in [-0.25, -0.2) is 13.8 Å². The van der Waals surface area contributed by atoms with E-state index in [1.54, 1.807) is 38.5 Å². The first-order valence-corrected chi connectivity index (χ1v) is 12.1. The summed E-state index contributed by atoms with van der Waals surface area (Å²) in [7, 11) is -0.572. The molecule has 2 rings (SSSR count). The fourth-order valence-corrected chi connectivity index (χ4v) is 3.94. The Bertz CT molecular complexity index is 1060. The van der Waals surface area contributed by atoms with E-state index in [2.05, 4.69) is 24.4 Å². The van der Waals surface area contributed by atoms with Gasteiger partial charge in [-0.05, 0) is 48.2 Å². The predicted octanol–water partition coefficient (Wildman–Crippen LogP) is 3.52. The third-order valence-corrected chi connectivity index (χ3v) is 6.04. The van der Waals surface area contributed by atoms with Crippen LogP contribution in [0.5, 0.6) is 11.5 Å². The maximum Gasteiger partial charge on any atom is 0.260 e. The second-order valence-corrected chi connectivity index (χ2v) is 9.44. The van der Waals surface area contributed by atoms with E-state index in [1.807, 2.05) is 25.1 Å². The van der Waals surface area contributed by atoms with Crippen LogP contribution in [0.4, 0.5) is 5.69 Å². The Kier molecular flexibility index (Phi) is 8.65. The molecule has 0 unspecified atom stereocenters. The van der Waals surface area contributed by atoms with Crippen molar-refractivity contribution >= 4 is 27.3 Å². The van der Waals surface area contributed by atoms with Gasteiger partial charge >= 0.3 is 0 Å². The van der Waals surface area contributed by atoms with E-state index in [-0.39, 0.29) is 6.54 Å². The van der Waals surface area contributed by atoms with Crippen LogP contribution in [-0.2, 0) is 14.8 Å². The van der Waals surface area contributed by atoms with Crippen LogP contribution in [0.25, 0.3) is 0 Å². The molecule has 2 aromatic rings. The summed E-state index contributed by atoms with van der Waals surface area (Å²) in [6.45, 7) is 5.63. The highest BCUT2D eigenvalue weighted by molar-refractivity contribution is 7.92. The quantitative estimate of drug-likeness (QED) is 0.431. The first-order chi connectivity index (χ1) is 15.1. The Morgan fingerprint density at radius 1 is 1.06 bits per heavy atom. The lowest BCUT2D eigenvalue weighted by Crippen LogP contribution is -2.39. The van der Waals surface area contributed by atoms with E-state index in [4.69, 9.17) is 9.47 Å². The van der Waals surface area contributed by atoms with Gasteiger partial charge in [0.15, 0.2) is 11.5 Å². The number of carbonyl (C=O) groups is 1. The zero-order chi connectivity index (χ0) is 23.9. The van der Waals surface area contributed by atoms with Crippen molar-refractivity contribution in [3.8, 4) is 11.5 Å². The van der Waals surface area contributed by atoms with Gasteiger partial charge in [0.1, 0.15) is 6.54 Å². The summed E-state index contributed by atoms with van der Waals surface area (Å²) >= 11 is 0. The second kappa shape index (κ2) is 11.0. The number of sulfonamides is 1. The largest absolute Gasteiger partial charge is 0.493 e. The van der Waals surface area contributed by atoms with Crippen LogP contribution < -0.4 is 19.2 Å². The van der Waals surface area contributed by atoms with Crippen LogP contribution in [-0.4, -0.2) is 47.1 Å². The number of methoxy groups -OCH3 is 2. The molecule has 174 valence electrons. The number of ether oxygens (including phenoxy) is 2. The number of rotatable bonds is 10. The van der Waals surface area contributed by atoms with Crippen LogP contribution >= 0.6 is 0 Å². The number of amides is 1. The van der Waals surface area contributed by atoms with Gasteiger partial charge in [0.2, 0.25) is 10.0 Å². The summed E-state index contributed by atoms with van der Waals surface area (Å²) in [5.41, 5.74) is 5.35. The lowest BCUT2D eigenvalue weighted by molar-refractivity contribution is -0.119. The van der Waals surface area contributed by atoms with E-state index < -0.39 is 15.9 Å². The second-order valence-electron chi connectivity index (χ2n) is 7.53. The van der Waals surface area contributed by atoms with Crippen LogP contribution in [0.3, 0.4) is 0 Å². The molecule has 1 amide bonds. The highest BCUT2D eigenvalue weighted by atomic mass is 32.2. The van der Waals surface area contributed by atoms with Gasteiger partial charge in [-0.3, -0.25) is 9.10 Å². The lowest BCUT2D eigenvalue weighted by atomic mass is 10.0. The minimum absolute atomic E-state index is 0.317. The summed E-state index contributed by atoms with van der Waals surface area (Å²) in [5.74, 6) is 0.904. The van der Waals surface area contributed by atoms with Crippen molar-refractivity contribution in [2.24, 2.45) is 5.10 Å². The van der Waals surface area contributed by atoms with Crippen LogP contribution in [0.15, 0.2) is 47.6 Å². The molecule has 0 saturated heterocycles. The van der Waals surface area contributed by atoms with Crippen molar-refractivity contribution in [2.45, 2.75) is 33.1 Å². The average Bonchev–Trinajstić information content (AvgIpc) is 2.77. The molecule has 1 N–H and O–H groups in total. The highest BCUT2D eigenvalue weighted by Gasteiger charge is 2.21. The Labute approximate surface area is 190 Å². The lowest BCUT2D eigenvalue weighted by Gasteiger charge is -2.22. The molecule has 0 aliphatic heterocycles. The van der Waals surface area contributed by atoms with E-state index in [0.717, 1.165) is 21.7 Å². The van der Waals surface area contributed by atoms with E-state index >= 15 is 0 Å². The number of nitrogens with one attached hydrogen (secondary N) is 1. The van der Waals surface area contributed by atoms with Gasteiger partial charge in [0.25, 0.3) is 5.91 Å². The predicted molar refractivity (Wildman–Crippen MR) is 127 cm³/mol. The summed E-state index contributed by atoms with van der Waals surface area (Å²) < 4.78 is 36.3. The first-order valence-electron chi connectivity index (χ1n) is 10.3. The fourth-order valence-electron chi connectivity index (χ4n) is 3.08. The molecule has 0 aliphatic carbocycles. The average molecular weight is 462 g/mol. The standard InChI is InChI=1S/C23H31N3O5S/c1-7-20(18-10-13-21(30-4)22(14-18)31-5)24-25-23(27)15-26(32(6,28)29)19-11-8-17(9-12-19)16(2)3/h8-14,16H,7,15H2,1-6H3,(H,25,27)/b24-20-. The van der Waals surface area contributed by atoms with E-state index in [0.29, 0.717) is 35.2 Å². The molecule has 2 aromatic carbocycles. The van der Waals surface area contributed by atoms with Crippen molar-refractivity contribution in [1.82, 2.24) is 5.43 Å². The number of carbonyl (C=O) groups excluding carboxylic acids is 1. The van der Waals surface area contributed by atoms with E-state index in [1.165, 1.54) is 0 Å². The van der Waals surface area contributed by atoms with Crippen molar-refractivity contribution in [1.29, 1.82) is 0 Å². The molecule has 0 heterocycles. The van der Waals surface area contributed by atoms with Crippen molar-refractivity contribution < 1.29 is 22.7 Å². The van der Waals surface area contributed by atoms with Crippen molar-refractivity contribution in [3.05, 3.63) is 53.6 Å². The molecular formula is C23H31N3O5S. The number of hydrogen-bond donors (Lipinski definition) is 1. The highest BCUT2D eigenvalue weighted by Crippen LogP contribution is 2.28. The van der Waals surface area contributed by atoms with Gasteiger partial charge < -0.3 is 9.47 Å². The van der Waals surface area contributed by atoms with E-state index in [9.17, 15) is 13.2 Å². The monoisotopic (exact) mass is 461 g/mol. The Balaban J connectivity index is 2.20. The van der Waals surface area contributed by atoms with Gasteiger partial charge in [0, 0.05) is 5.56 Å². The van der Waals surface area contributed by atoms with Gasteiger partial charge in [-0.2, -0.15) is 5.10 Å². The minimum atomic E-state index is -3.67. The minimum Gasteiger partial charge on any atom is -0.493 e. The normalized spacial score (nSPS) is 11.9. The Morgan fingerprint density at radius 2 is 1.69 bits per heavy atom. The molecule has 0 aliphatic rings. The number of nitrogens with zero attached hydrogens (tertiary/aromatic N) is 2. The number of hydrazone groups is 1. The van der Waals surface area contributed by atoms with Crippen LogP contribution in [0.1, 0.15) is 44.2 Å². The summed E-state index contributed by atoms with van der Waals surface area (Å²) in [4.78, 5) is 12.6. The molecular weight excluding hydrogens is 430 g/mol. The molecule has 9 heteroatoms. The summed E-state index contributed by atoms with van der Waals surface area (Å²) in [6, 6.07) is 12.5.